The van der Waals surface area contributed by atoms with Crippen LogP contribution in [0.3, 0.4) is 0 Å². The van der Waals surface area contributed by atoms with Crippen LogP contribution in [0, 0.1) is 5.92 Å². The minimum atomic E-state index is -3.58. The third kappa shape index (κ3) is 5.56. The molecule has 0 spiro atoms. The average molecular weight is 517 g/mol. The Labute approximate surface area is 209 Å². The number of rotatable bonds is 7. The van der Waals surface area contributed by atoms with Crippen LogP contribution in [0.15, 0.2) is 52.5 Å². The first-order valence-corrected chi connectivity index (χ1v) is 13.8. The number of halogens is 1. The summed E-state index contributed by atoms with van der Waals surface area (Å²) >= 11 is 5.90. The van der Waals surface area contributed by atoms with Gasteiger partial charge >= 0.3 is 0 Å². The number of amides is 1. The molecule has 2 heterocycles. The van der Waals surface area contributed by atoms with E-state index < -0.39 is 26.7 Å². The van der Waals surface area contributed by atoms with E-state index in [0.29, 0.717) is 28.7 Å². The molecule has 1 aliphatic rings. The van der Waals surface area contributed by atoms with Crippen molar-refractivity contribution >= 4 is 44.1 Å². The highest BCUT2D eigenvalue weighted by Crippen LogP contribution is 2.31. The highest BCUT2D eigenvalue weighted by Gasteiger charge is 2.28. The van der Waals surface area contributed by atoms with Gasteiger partial charge in [0.15, 0.2) is 9.84 Å². The second kappa shape index (κ2) is 10.5. The maximum absolute atomic E-state index is 13.6. The number of nitrogens with one attached hydrogen (secondary N) is 1. The lowest BCUT2D eigenvalue weighted by molar-refractivity contribution is -0.120. The van der Waals surface area contributed by atoms with Gasteiger partial charge in [0.2, 0.25) is 5.91 Å². The SMILES string of the molecule is CC(C)S(=O)(=O)c1ccc2ncn(C(CC3CCCCC3)C(=O)Nc3ccc(Cl)cn3)c(=O)c2c1. The predicted octanol–water partition coefficient (Wildman–Crippen LogP) is 4.78. The van der Waals surface area contributed by atoms with Crippen LogP contribution in [-0.2, 0) is 14.6 Å². The summed E-state index contributed by atoms with van der Waals surface area (Å²) in [7, 11) is -3.58. The Hall–Kier alpha value is -2.78. The van der Waals surface area contributed by atoms with Crippen molar-refractivity contribution in [2.45, 2.75) is 68.6 Å². The summed E-state index contributed by atoms with van der Waals surface area (Å²) in [5.41, 5.74) is -0.0685. The summed E-state index contributed by atoms with van der Waals surface area (Å²) in [6, 6.07) is 6.78. The van der Waals surface area contributed by atoms with Gasteiger partial charge in [0.05, 0.1) is 32.4 Å². The first-order valence-electron chi connectivity index (χ1n) is 11.8. The lowest BCUT2D eigenvalue weighted by Crippen LogP contribution is -2.35. The minimum absolute atomic E-state index is 0.0651. The number of carbonyl (C=O) groups excluding carboxylic acids is 1. The molecule has 3 aromatic rings. The van der Waals surface area contributed by atoms with Crippen LogP contribution in [0.5, 0.6) is 0 Å². The van der Waals surface area contributed by atoms with Crippen molar-refractivity contribution in [3.63, 3.8) is 0 Å². The number of carbonyl (C=O) groups is 1. The number of aromatic nitrogens is 3. The van der Waals surface area contributed by atoms with Gasteiger partial charge in [-0.2, -0.15) is 0 Å². The fourth-order valence-electron chi connectivity index (χ4n) is 4.53. The van der Waals surface area contributed by atoms with Gasteiger partial charge in [-0.1, -0.05) is 43.7 Å². The van der Waals surface area contributed by atoms with Gasteiger partial charge in [-0.3, -0.25) is 14.2 Å². The highest BCUT2D eigenvalue weighted by molar-refractivity contribution is 7.92. The number of anilines is 1. The third-order valence-corrected chi connectivity index (χ3v) is 8.98. The number of pyridine rings is 1. The first kappa shape index (κ1) is 25.3. The Morgan fingerprint density at radius 3 is 2.54 bits per heavy atom. The van der Waals surface area contributed by atoms with Crippen molar-refractivity contribution in [2.75, 3.05) is 5.32 Å². The van der Waals surface area contributed by atoms with Crippen LogP contribution in [0.25, 0.3) is 10.9 Å². The van der Waals surface area contributed by atoms with E-state index in [4.69, 9.17) is 11.6 Å². The zero-order valence-corrected chi connectivity index (χ0v) is 21.3. The topological polar surface area (TPSA) is 111 Å². The Morgan fingerprint density at radius 1 is 1.14 bits per heavy atom. The molecule has 186 valence electrons. The molecule has 1 aromatic carbocycles. The van der Waals surface area contributed by atoms with Crippen LogP contribution in [0.1, 0.15) is 58.4 Å². The maximum atomic E-state index is 13.6. The van der Waals surface area contributed by atoms with Crippen LogP contribution in [-0.4, -0.2) is 34.1 Å². The second-order valence-corrected chi connectivity index (χ2v) is 12.3. The zero-order valence-electron chi connectivity index (χ0n) is 19.8. The van der Waals surface area contributed by atoms with Crippen molar-refractivity contribution in [1.29, 1.82) is 0 Å². The summed E-state index contributed by atoms with van der Waals surface area (Å²) in [5.74, 6) is 0.257. The molecule has 1 aliphatic carbocycles. The van der Waals surface area contributed by atoms with Crippen molar-refractivity contribution in [1.82, 2.24) is 14.5 Å². The van der Waals surface area contributed by atoms with E-state index in [1.165, 1.54) is 41.7 Å². The molecular weight excluding hydrogens is 488 g/mol. The molecule has 1 amide bonds. The fourth-order valence-corrected chi connectivity index (χ4v) is 5.73. The molecule has 35 heavy (non-hydrogen) atoms. The van der Waals surface area contributed by atoms with Gasteiger partial charge in [0, 0.05) is 6.20 Å². The van der Waals surface area contributed by atoms with Gasteiger partial charge in [0.1, 0.15) is 11.9 Å². The van der Waals surface area contributed by atoms with Gasteiger partial charge in [-0.15, -0.1) is 0 Å². The second-order valence-electron chi connectivity index (χ2n) is 9.34. The fraction of sp³-hybridized carbons (Fsp3) is 0.440. The van der Waals surface area contributed by atoms with Gasteiger partial charge in [0.25, 0.3) is 5.56 Å². The van der Waals surface area contributed by atoms with Gasteiger partial charge < -0.3 is 5.32 Å². The molecule has 8 nitrogen and oxygen atoms in total. The summed E-state index contributed by atoms with van der Waals surface area (Å²) in [5, 5.41) is 2.78. The third-order valence-electron chi connectivity index (χ3n) is 6.60. The van der Waals surface area contributed by atoms with E-state index in [1.54, 1.807) is 26.0 Å². The van der Waals surface area contributed by atoms with Gasteiger partial charge in [-0.25, -0.2) is 18.4 Å². The van der Waals surface area contributed by atoms with E-state index in [-0.39, 0.29) is 16.2 Å². The van der Waals surface area contributed by atoms with Crippen molar-refractivity contribution in [3.8, 4) is 0 Å². The molecule has 1 N–H and O–H groups in total. The Bertz CT molecular complexity index is 1380. The smallest absolute Gasteiger partial charge is 0.261 e. The van der Waals surface area contributed by atoms with Crippen LogP contribution >= 0.6 is 11.6 Å². The Balaban J connectivity index is 1.75. The quantitative estimate of drug-likeness (QED) is 0.484. The monoisotopic (exact) mass is 516 g/mol. The van der Waals surface area contributed by atoms with E-state index in [2.05, 4.69) is 15.3 Å². The van der Waals surface area contributed by atoms with Crippen LogP contribution < -0.4 is 10.9 Å². The molecule has 1 atom stereocenters. The standard InChI is InChI=1S/C25H29ClN4O4S/c1-16(2)35(33,34)19-9-10-21-20(13-19)25(32)30(15-28-21)22(12-17-6-4-3-5-7-17)24(31)29-23-11-8-18(26)14-27-23/h8-11,13-17,22H,3-7,12H2,1-2H3,(H,27,29,31). The zero-order chi connectivity index (χ0) is 25.2. The number of hydrogen-bond donors (Lipinski definition) is 1. The highest BCUT2D eigenvalue weighted by atomic mass is 35.5. The normalized spacial score (nSPS) is 15.9. The number of hydrogen-bond acceptors (Lipinski definition) is 6. The lowest BCUT2D eigenvalue weighted by Gasteiger charge is -2.27. The Kier molecular flexibility index (Phi) is 7.56. The lowest BCUT2D eigenvalue weighted by atomic mass is 9.84. The van der Waals surface area contributed by atoms with Crippen molar-refractivity contribution < 1.29 is 13.2 Å². The molecule has 2 aromatic heterocycles. The summed E-state index contributed by atoms with van der Waals surface area (Å²) < 4.78 is 26.7. The molecule has 0 saturated heterocycles. The first-order chi connectivity index (χ1) is 16.7. The average Bonchev–Trinajstić information content (AvgIpc) is 2.85. The Morgan fingerprint density at radius 2 is 1.89 bits per heavy atom. The summed E-state index contributed by atoms with van der Waals surface area (Å²) in [6.07, 6.45) is 8.66. The maximum Gasteiger partial charge on any atom is 0.261 e. The number of fused-ring (bicyclic) bond motifs is 1. The molecular formula is C25H29ClN4O4S. The molecule has 10 heteroatoms. The predicted molar refractivity (Wildman–Crippen MR) is 136 cm³/mol. The molecule has 1 saturated carbocycles. The molecule has 1 fully saturated rings. The largest absolute Gasteiger partial charge is 0.309 e. The minimum Gasteiger partial charge on any atom is -0.309 e. The van der Waals surface area contributed by atoms with Crippen LogP contribution in [0.4, 0.5) is 5.82 Å². The number of benzene rings is 1. The molecule has 0 radical (unpaired) electrons. The van der Waals surface area contributed by atoms with Gasteiger partial charge in [-0.05, 0) is 56.5 Å². The van der Waals surface area contributed by atoms with E-state index in [0.717, 1.165) is 25.7 Å². The van der Waals surface area contributed by atoms with Crippen molar-refractivity contribution in [2.24, 2.45) is 5.92 Å². The van der Waals surface area contributed by atoms with E-state index >= 15 is 0 Å². The van der Waals surface area contributed by atoms with Crippen LogP contribution in [0.2, 0.25) is 5.02 Å². The molecule has 0 aliphatic heterocycles. The van der Waals surface area contributed by atoms with E-state index in [9.17, 15) is 18.0 Å². The number of nitrogens with zero attached hydrogens (tertiary/aromatic N) is 3. The summed E-state index contributed by atoms with van der Waals surface area (Å²) in [4.78, 5) is 35.6. The van der Waals surface area contributed by atoms with E-state index in [1.807, 2.05) is 0 Å². The number of sulfone groups is 1. The molecule has 1 unspecified atom stereocenters. The summed E-state index contributed by atoms with van der Waals surface area (Å²) in [6.45, 7) is 3.19. The molecule has 0 bridgehead atoms. The van der Waals surface area contributed by atoms with Crippen molar-refractivity contribution in [3.05, 3.63) is 58.2 Å². The molecule has 4 rings (SSSR count).